The second-order valence-electron chi connectivity index (χ2n) is 4.82. The third kappa shape index (κ3) is 7.66. The fourth-order valence-electron chi connectivity index (χ4n) is 1.76. The van der Waals surface area contributed by atoms with Crippen LogP contribution in [0.4, 0.5) is 19.1 Å². The summed E-state index contributed by atoms with van der Waals surface area (Å²) in [4.78, 5) is 11.3. The highest BCUT2D eigenvalue weighted by atomic mass is 19.4. The molecule has 1 rings (SSSR count). The molecule has 0 fully saturated rings. The maximum atomic E-state index is 12.5. The molecule has 1 aromatic rings. The van der Waals surface area contributed by atoms with Gasteiger partial charge in [-0.15, -0.1) is 0 Å². The first kappa shape index (κ1) is 19.0. The Hall–Kier alpha value is -2.06. The van der Waals surface area contributed by atoms with Crippen LogP contribution in [0.25, 0.3) is 0 Å². The Kier molecular flexibility index (Phi) is 8.14. The molecule has 0 spiro atoms. The molecule has 0 bridgehead atoms. The van der Waals surface area contributed by atoms with Gasteiger partial charge in [-0.1, -0.05) is 19.8 Å². The Morgan fingerprint density at radius 1 is 1.17 bits per heavy atom. The average molecular weight is 332 g/mol. The molecule has 0 radical (unpaired) electrons. The topological polar surface area (TPSA) is 74.2 Å². The maximum absolute atomic E-state index is 12.5. The Labute approximate surface area is 134 Å². The summed E-state index contributed by atoms with van der Waals surface area (Å²) < 4.78 is 37.6. The smallest absolute Gasteiger partial charge is 0.356 e. The van der Waals surface area contributed by atoms with Gasteiger partial charge in [0.15, 0.2) is 5.96 Å². The lowest BCUT2D eigenvalue weighted by atomic mass is 10.2. The molecular weight excluding hydrogens is 309 g/mol. The normalized spacial score (nSPS) is 12.1. The Balaban J connectivity index is 2.31. The maximum Gasteiger partial charge on any atom is 0.433 e. The SMILES string of the molecule is CCCCCNC(=NC)NCCNc1nccc(C(F)(F)F)n1. The van der Waals surface area contributed by atoms with Gasteiger partial charge in [0.25, 0.3) is 0 Å². The van der Waals surface area contributed by atoms with E-state index in [2.05, 4.69) is 37.8 Å². The molecule has 1 aromatic heterocycles. The number of nitrogens with zero attached hydrogens (tertiary/aromatic N) is 3. The van der Waals surface area contributed by atoms with Crippen LogP contribution >= 0.6 is 0 Å². The number of hydrogen-bond acceptors (Lipinski definition) is 4. The predicted molar refractivity (Wildman–Crippen MR) is 84.4 cm³/mol. The van der Waals surface area contributed by atoms with Gasteiger partial charge in [0.2, 0.25) is 5.95 Å². The molecule has 0 saturated heterocycles. The number of hydrogen-bond donors (Lipinski definition) is 3. The van der Waals surface area contributed by atoms with Crippen LogP contribution in [0.1, 0.15) is 31.9 Å². The Bertz CT molecular complexity index is 490. The quantitative estimate of drug-likeness (QED) is 0.387. The third-order valence-electron chi connectivity index (χ3n) is 2.94. The van der Waals surface area contributed by atoms with Gasteiger partial charge in [0.05, 0.1) is 0 Å². The highest BCUT2D eigenvalue weighted by Gasteiger charge is 2.32. The van der Waals surface area contributed by atoms with Gasteiger partial charge in [0, 0.05) is 32.9 Å². The molecule has 130 valence electrons. The summed E-state index contributed by atoms with van der Waals surface area (Å²) >= 11 is 0. The largest absolute Gasteiger partial charge is 0.433 e. The first-order valence-corrected chi connectivity index (χ1v) is 7.56. The zero-order valence-corrected chi connectivity index (χ0v) is 13.4. The van der Waals surface area contributed by atoms with Crippen molar-refractivity contribution < 1.29 is 13.2 Å². The minimum absolute atomic E-state index is 0.0486. The number of unbranched alkanes of at least 4 members (excludes halogenated alkanes) is 2. The predicted octanol–water partition coefficient (Wildman–Crippen LogP) is 2.26. The molecular formula is C14H23F3N6. The summed E-state index contributed by atoms with van der Waals surface area (Å²) in [5.41, 5.74) is -0.962. The molecule has 0 aliphatic rings. The molecule has 1 heterocycles. The van der Waals surface area contributed by atoms with Crippen molar-refractivity contribution in [1.82, 2.24) is 20.6 Å². The van der Waals surface area contributed by atoms with Gasteiger partial charge in [-0.25, -0.2) is 9.97 Å². The number of guanidine groups is 1. The van der Waals surface area contributed by atoms with E-state index in [-0.39, 0.29) is 5.95 Å². The van der Waals surface area contributed by atoms with Crippen molar-refractivity contribution >= 4 is 11.9 Å². The highest BCUT2D eigenvalue weighted by Crippen LogP contribution is 2.27. The van der Waals surface area contributed by atoms with Gasteiger partial charge >= 0.3 is 6.18 Å². The first-order valence-electron chi connectivity index (χ1n) is 7.56. The van der Waals surface area contributed by atoms with E-state index in [9.17, 15) is 13.2 Å². The molecule has 6 nitrogen and oxygen atoms in total. The van der Waals surface area contributed by atoms with Gasteiger partial charge in [0.1, 0.15) is 5.69 Å². The molecule has 9 heteroatoms. The number of nitrogens with one attached hydrogen (secondary N) is 3. The highest BCUT2D eigenvalue weighted by molar-refractivity contribution is 5.79. The lowest BCUT2D eigenvalue weighted by Gasteiger charge is -2.12. The van der Waals surface area contributed by atoms with Crippen LogP contribution in [-0.4, -0.2) is 42.6 Å². The van der Waals surface area contributed by atoms with Gasteiger partial charge in [-0.2, -0.15) is 13.2 Å². The van der Waals surface area contributed by atoms with Crippen molar-refractivity contribution in [2.24, 2.45) is 4.99 Å². The number of anilines is 1. The van der Waals surface area contributed by atoms with E-state index >= 15 is 0 Å². The monoisotopic (exact) mass is 332 g/mol. The number of alkyl halides is 3. The summed E-state index contributed by atoms with van der Waals surface area (Å²) in [6.45, 7) is 3.82. The minimum Gasteiger partial charge on any atom is -0.356 e. The van der Waals surface area contributed by atoms with Gasteiger partial charge in [-0.3, -0.25) is 4.99 Å². The lowest BCUT2D eigenvalue weighted by Crippen LogP contribution is -2.40. The molecule has 0 unspecified atom stereocenters. The second kappa shape index (κ2) is 9.86. The van der Waals surface area contributed by atoms with Crippen molar-refractivity contribution in [2.75, 3.05) is 32.0 Å². The number of aromatic nitrogens is 2. The summed E-state index contributed by atoms with van der Waals surface area (Å²) in [5.74, 6) is 0.611. The van der Waals surface area contributed by atoms with Crippen LogP contribution in [0.3, 0.4) is 0 Å². The van der Waals surface area contributed by atoms with Crippen molar-refractivity contribution in [2.45, 2.75) is 32.4 Å². The van der Waals surface area contributed by atoms with Crippen LogP contribution in [-0.2, 0) is 6.18 Å². The first-order chi connectivity index (χ1) is 11.0. The van der Waals surface area contributed by atoms with Crippen LogP contribution in [0.5, 0.6) is 0 Å². The second-order valence-corrected chi connectivity index (χ2v) is 4.82. The molecule has 0 amide bonds. The van der Waals surface area contributed by atoms with E-state index in [1.165, 1.54) is 0 Å². The van der Waals surface area contributed by atoms with Crippen molar-refractivity contribution in [3.8, 4) is 0 Å². The molecule has 0 saturated carbocycles. The fourth-order valence-corrected chi connectivity index (χ4v) is 1.76. The minimum atomic E-state index is -4.47. The summed E-state index contributed by atoms with van der Waals surface area (Å²) in [6, 6.07) is 0.839. The van der Waals surface area contributed by atoms with Crippen molar-refractivity contribution in [3.63, 3.8) is 0 Å². The van der Waals surface area contributed by atoms with Crippen LogP contribution in [0.2, 0.25) is 0 Å². The zero-order valence-electron chi connectivity index (χ0n) is 13.4. The van der Waals surface area contributed by atoms with Crippen molar-refractivity contribution in [1.29, 1.82) is 0 Å². The standard InChI is InChI=1S/C14H23F3N6/c1-3-4-5-7-19-12(18-2)21-9-10-22-13-20-8-6-11(23-13)14(15,16)17/h6,8H,3-5,7,9-10H2,1-2H3,(H2,18,19,21)(H,20,22,23). The molecule has 0 aromatic carbocycles. The van der Waals surface area contributed by atoms with Crippen molar-refractivity contribution in [3.05, 3.63) is 18.0 Å². The number of halogens is 3. The van der Waals surface area contributed by atoms with Gasteiger partial charge < -0.3 is 16.0 Å². The van der Waals surface area contributed by atoms with Gasteiger partial charge in [-0.05, 0) is 12.5 Å². The summed E-state index contributed by atoms with van der Waals surface area (Å²) in [6.07, 6.45) is -0.0253. The van der Waals surface area contributed by atoms with E-state index < -0.39 is 11.9 Å². The Morgan fingerprint density at radius 3 is 2.57 bits per heavy atom. The summed E-state index contributed by atoms with van der Waals surface area (Å²) in [7, 11) is 1.67. The van der Waals surface area contributed by atoms with Crippen LogP contribution in [0.15, 0.2) is 17.3 Å². The molecule has 0 atom stereocenters. The van der Waals surface area contributed by atoms with E-state index in [1.54, 1.807) is 7.05 Å². The molecule has 0 aliphatic heterocycles. The fraction of sp³-hybridized carbons (Fsp3) is 0.643. The zero-order chi connectivity index (χ0) is 17.1. The van der Waals surface area contributed by atoms with E-state index in [1.807, 2.05) is 0 Å². The summed E-state index contributed by atoms with van der Waals surface area (Å²) in [5, 5.41) is 8.97. The average Bonchev–Trinajstić information content (AvgIpc) is 2.53. The third-order valence-corrected chi connectivity index (χ3v) is 2.94. The lowest BCUT2D eigenvalue weighted by molar-refractivity contribution is -0.141. The molecule has 23 heavy (non-hydrogen) atoms. The van der Waals surface area contributed by atoms with E-state index in [0.717, 1.165) is 38.1 Å². The van der Waals surface area contributed by atoms with E-state index in [0.29, 0.717) is 19.0 Å². The van der Waals surface area contributed by atoms with Crippen LogP contribution < -0.4 is 16.0 Å². The number of rotatable bonds is 8. The molecule has 3 N–H and O–H groups in total. The van der Waals surface area contributed by atoms with Crippen LogP contribution in [0, 0.1) is 0 Å². The number of aliphatic imine (C=N–C) groups is 1. The van der Waals surface area contributed by atoms with E-state index in [4.69, 9.17) is 0 Å². The molecule has 0 aliphatic carbocycles. The Morgan fingerprint density at radius 2 is 1.91 bits per heavy atom.